The van der Waals surface area contributed by atoms with E-state index in [1.807, 2.05) is 0 Å². The molecule has 0 aliphatic rings. The summed E-state index contributed by atoms with van der Waals surface area (Å²) in [5.74, 6) is 0. The minimum Gasteiger partial charge on any atom is -0.251 e. The summed E-state index contributed by atoms with van der Waals surface area (Å²) in [4.78, 5) is 3.33. The van der Waals surface area contributed by atoms with Crippen LogP contribution >= 0.6 is 11.6 Å². The van der Waals surface area contributed by atoms with Crippen molar-refractivity contribution in [1.82, 2.24) is 0 Å². The summed E-state index contributed by atoms with van der Waals surface area (Å²) < 4.78 is 0. The van der Waals surface area contributed by atoms with E-state index in [0.717, 1.165) is 0 Å². The van der Waals surface area contributed by atoms with E-state index >= 15 is 0 Å². The predicted octanol–water partition coefficient (Wildman–Crippen LogP) is 1.85. The van der Waals surface area contributed by atoms with Crippen molar-refractivity contribution in [2.24, 2.45) is 4.99 Å². The monoisotopic (exact) mass is 140 g/mol. The Bertz CT molecular complexity index is 198. The van der Waals surface area contributed by atoms with Gasteiger partial charge in [-0.3, -0.25) is 4.99 Å². The van der Waals surface area contributed by atoms with E-state index in [-0.39, 0.29) is 10.7 Å². The van der Waals surface area contributed by atoms with E-state index in [4.69, 9.17) is 16.9 Å². The molecule has 3 heteroatoms. The summed E-state index contributed by atoms with van der Waals surface area (Å²) in [5.41, 5.74) is 0.242. The van der Waals surface area contributed by atoms with Crippen LogP contribution in [0.5, 0.6) is 0 Å². The third kappa shape index (κ3) is 2.11. The van der Waals surface area contributed by atoms with Gasteiger partial charge in [0.25, 0.3) is 0 Å². The van der Waals surface area contributed by atoms with Gasteiger partial charge in [0, 0.05) is 0 Å². The number of hydrogen-bond acceptors (Lipinski definition) is 2. The summed E-state index contributed by atoms with van der Waals surface area (Å²) in [6, 6.07) is 1.80. The molecule has 0 unspecified atom stereocenters. The van der Waals surface area contributed by atoms with Crippen LogP contribution in [-0.2, 0) is 0 Å². The number of halogens is 1. The Morgan fingerprint density at radius 1 is 1.78 bits per heavy atom. The maximum atomic E-state index is 8.28. The number of nitriles is 1. The van der Waals surface area contributed by atoms with Crippen molar-refractivity contribution < 1.29 is 0 Å². The zero-order chi connectivity index (χ0) is 7.28. The highest BCUT2D eigenvalue weighted by atomic mass is 35.5. The molecule has 0 aromatic heterocycles. The van der Waals surface area contributed by atoms with E-state index in [9.17, 15) is 0 Å². The van der Waals surface area contributed by atoms with Gasteiger partial charge in [-0.05, 0) is 12.8 Å². The molecule has 0 fully saturated rings. The lowest BCUT2D eigenvalue weighted by atomic mass is 10.3. The van der Waals surface area contributed by atoms with Gasteiger partial charge in [0.15, 0.2) is 0 Å². The Morgan fingerprint density at radius 3 is 2.44 bits per heavy atom. The van der Waals surface area contributed by atoms with E-state index in [0.29, 0.717) is 0 Å². The molecule has 0 saturated carbocycles. The SMILES string of the molecule is C=C/C(C#N)=C(/Cl)N=C. The third-order valence-electron chi connectivity index (χ3n) is 0.686. The van der Waals surface area contributed by atoms with Crippen LogP contribution in [0.4, 0.5) is 0 Å². The Morgan fingerprint density at radius 2 is 2.33 bits per heavy atom. The molecular weight excluding hydrogens is 136 g/mol. The van der Waals surface area contributed by atoms with Crippen LogP contribution in [0.3, 0.4) is 0 Å². The van der Waals surface area contributed by atoms with Crippen LogP contribution < -0.4 is 0 Å². The third-order valence-corrected chi connectivity index (χ3v) is 1.01. The Labute approximate surface area is 58.8 Å². The Kier molecular flexibility index (Phi) is 3.41. The van der Waals surface area contributed by atoms with E-state index in [1.54, 1.807) is 6.07 Å². The van der Waals surface area contributed by atoms with Gasteiger partial charge in [-0.25, -0.2) is 0 Å². The minimum atomic E-state index is 0.0903. The molecule has 0 aromatic carbocycles. The van der Waals surface area contributed by atoms with Gasteiger partial charge in [0.05, 0.1) is 5.57 Å². The Balaban J connectivity index is 4.63. The average Bonchev–Trinajstić information content (AvgIpc) is 1.90. The van der Waals surface area contributed by atoms with Crippen LogP contribution in [0.15, 0.2) is 28.4 Å². The fourth-order valence-electron chi connectivity index (χ4n) is 0.261. The van der Waals surface area contributed by atoms with Crippen molar-refractivity contribution in [2.45, 2.75) is 0 Å². The number of rotatable bonds is 2. The second-order valence-corrected chi connectivity index (χ2v) is 1.54. The smallest absolute Gasteiger partial charge is 0.146 e. The van der Waals surface area contributed by atoms with Gasteiger partial charge < -0.3 is 0 Å². The standard InChI is InChI=1S/C6H5ClN2/c1-3-5(4-8)6(7)9-2/h3H,1-2H2/b6-5+. The molecule has 0 amide bonds. The first-order chi connectivity index (χ1) is 4.26. The lowest BCUT2D eigenvalue weighted by Gasteiger charge is -1.85. The zero-order valence-electron chi connectivity index (χ0n) is 4.76. The molecule has 0 N–H and O–H groups in total. The fourth-order valence-corrected chi connectivity index (χ4v) is 0.381. The quantitative estimate of drug-likeness (QED) is 0.250. The van der Waals surface area contributed by atoms with Crippen LogP contribution in [0, 0.1) is 11.3 Å². The number of allylic oxidation sites excluding steroid dienone is 2. The number of hydrogen-bond donors (Lipinski definition) is 0. The summed E-state index contributed by atoms with van der Waals surface area (Å²) in [5, 5.41) is 8.37. The predicted molar refractivity (Wildman–Crippen MR) is 38.2 cm³/mol. The lowest BCUT2D eigenvalue weighted by Crippen LogP contribution is -1.72. The summed E-state index contributed by atoms with van der Waals surface area (Å²) in [6.07, 6.45) is 1.33. The molecule has 0 radical (unpaired) electrons. The first kappa shape index (κ1) is 7.93. The molecule has 0 heterocycles. The topological polar surface area (TPSA) is 36.1 Å². The summed E-state index contributed by atoms with van der Waals surface area (Å²) >= 11 is 5.39. The molecule has 0 atom stereocenters. The molecule has 0 rings (SSSR count). The van der Waals surface area contributed by atoms with Gasteiger partial charge in [-0.1, -0.05) is 18.2 Å². The normalized spacial score (nSPS) is 11.1. The van der Waals surface area contributed by atoms with Gasteiger partial charge in [0.1, 0.15) is 11.2 Å². The first-order valence-electron chi connectivity index (χ1n) is 2.15. The molecular formula is C6H5ClN2. The molecule has 0 aliphatic carbocycles. The molecule has 0 saturated heterocycles. The van der Waals surface area contributed by atoms with E-state index in [2.05, 4.69) is 18.3 Å². The van der Waals surface area contributed by atoms with Crippen molar-refractivity contribution in [1.29, 1.82) is 5.26 Å². The van der Waals surface area contributed by atoms with Crippen LogP contribution in [0.1, 0.15) is 0 Å². The summed E-state index contributed by atoms with van der Waals surface area (Å²) in [6.45, 7) is 6.49. The average molecular weight is 141 g/mol. The molecule has 0 spiro atoms. The van der Waals surface area contributed by atoms with Gasteiger partial charge in [-0.2, -0.15) is 5.26 Å². The van der Waals surface area contributed by atoms with Crippen LogP contribution in [0.2, 0.25) is 0 Å². The van der Waals surface area contributed by atoms with Crippen molar-refractivity contribution in [3.8, 4) is 6.07 Å². The number of nitrogens with zero attached hydrogens (tertiary/aromatic N) is 2. The van der Waals surface area contributed by atoms with Crippen LogP contribution in [-0.4, -0.2) is 6.72 Å². The zero-order valence-corrected chi connectivity index (χ0v) is 5.52. The van der Waals surface area contributed by atoms with Gasteiger partial charge >= 0.3 is 0 Å². The molecule has 0 aliphatic heterocycles. The molecule has 46 valence electrons. The molecule has 0 bridgehead atoms. The first-order valence-corrected chi connectivity index (χ1v) is 2.53. The maximum absolute atomic E-state index is 8.28. The van der Waals surface area contributed by atoms with Gasteiger partial charge in [0.2, 0.25) is 0 Å². The highest BCUT2D eigenvalue weighted by Crippen LogP contribution is 2.09. The molecule has 0 aromatic rings. The molecule has 9 heavy (non-hydrogen) atoms. The van der Waals surface area contributed by atoms with Crippen molar-refractivity contribution in [3.63, 3.8) is 0 Å². The van der Waals surface area contributed by atoms with Gasteiger partial charge in [-0.15, -0.1) is 0 Å². The fraction of sp³-hybridized carbons (Fsp3) is 0. The maximum Gasteiger partial charge on any atom is 0.146 e. The second kappa shape index (κ2) is 3.88. The van der Waals surface area contributed by atoms with Crippen molar-refractivity contribution >= 4 is 18.3 Å². The van der Waals surface area contributed by atoms with E-state index in [1.165, 1.54) is 6.08 Å². The second-order valence-electron chi connectivity index (χ2n) is 1.18. The van der Waals surface area contributed by atoms with Crippen molar-refractivity contribution in [3.05, 3.63) is 23.4 Å². The lowest BCUT2D eigenvalue weighted by molar-refractivity contribution is 1.44. The van der Waals surface area contributed by atoms with Crippen LogP contribution in [0.25, 0.3) is 0 Å². The largest absolute Gasteiger partial charge is 0.251 e. The molecule has 2 nitrogen and oxygen atoms in total. The minimum absolute atomic E-state index is 0.0903. The number of aliphatic imine (C=N–C) groups is 1. The van der Waals surface area contributed by atoms with E-state index < -0.39 is 0 Å². The van der Waals surface area contributed by atoms with Crippen molar-refractivity contribution in [2.75, 3.05) is 0 Å². The highest BCUT2D eigenvalue weighted by Gasteiger charge is 1.93. The summed E-state index contributed by atoms with van der Waals surface area (Å²) in [7, 11) is 0. The highest BCUT2D eigenvalue weighted by molar-refractivity contribution is 6.30. The Hall–Kier alpha value is -1.07.